The maximum Gasteiger partial charge on any atom is 0.165 e. The van der Waals surface area contributed by atoms with E-state index in [1.54, 1.807) is 12.1 Å². The van der Waals surface area contributed by atoms with Crippen LogP contribution in [0, 0.1) is 12.7 Å². The van der Waals surface area contributed by atoms with Gasteiger partial charge in [-0.25, -0.2) is 4.39 Å². The molecule has 19 heavy (non-hydrogen) atoms. The van der Waals surface area contributed by atoms with Gasteiger partial charge in [0, 0.05) is 6.04 Å². The summed E-state index contributed by atoms with van der Waals surface area (Å²) in [4.78, 5) is 0. The molecule has 0 aliphatic heterocycles. The van der Waals surface area contributed by atoms with E-state index in [2.05, 4.69) is 31.2 Å². The highest BCUT2D eigenvalue weighted by molar-refractivity contribution is 5.33. The number of benzene rings is 2. The molecule has 0 bridgehead atoms. The Labute approximate surface area is 113 Å². The van der Waals surface area contributed by atoms with Gasteiger partial charge in [0.25, 0.3) is 0 Å². The minimum absolute atomic E-state index is 0.169. The van der Waals surface area contributed by atoms with Crippen molar-refractivity contribution in [3.05, 3.63) is 65.0 Å². The number of rotatable bonds is 4. The lowest BCUT2D eigenvalue weighted by molar-refractivity contribution is 0.385. The summed E-state index contributed by atoms with van der Waals surface area (Å²) in [5.41, 5.74) is 9.43. The summed E-state index contributed by atoms with van der Waals surface area (Å²) in [6, 6.07) is 12.8. The first-order valence-corrected chi connectivity index (χ1v) is 6.24. The lowest BCUT2D eigenvalue weighted by Crippen LogP contribution is -2.13. The van der Waals surface area contributed by atoms with Crippen LogP contribution in [0.1, 0.15) is 22.7 Å². The van der Waals surface area contributed by atoms with Gasteiger partial charge in [0.1, 0.15) is 0 Å². The maximum absolute atomic E-state index is 13.3. The Morgan fingerprint density at radius 2 is 1.84 bits per heavy atom. The standard InChI is InChI=1S/C16H18FNO/c1-11-3-5-12(6-4-11)9-15(18)13-7-8-14(17)16(10-13)19-2/h3-8,10,15H,9,18H2,1-2H3. The van der Waals surface area contributed by atoms with Crippen molar-refractivity contribution in [2.75, 3.05) is 7.11 Å². The van der Waals surface area contributed by atoms with Gasteiger partial charge in [-0.15, -0.1) is 0 Å². The summed E-state index contributed by atoms with van der Waals surface area (Å²) in [5, 5.41) is 0. The second-order valence-corrected chi connectivity index (χ2v) is 4.69. The topological polar surface area (TPSA) is 35.2 Å². The normalized spacial score (nSPS) is 12.2. The molecule has 100 valence electrons. The van der Waals surface area contributed by atoms with Crippen LogP contribution >= 0.6 is 0 Å². The van der Waals surface area contributed by atoms with Gasteiger partial charge in [-0.3, -0.25) is 0 Å². The zero-order valence-electron chi connectivity index (χ0n) is 11.2. The molecule has 0 radical (unpaired) electrons. The van der Waals surface area contributed by atoms with Gasteiger partial charge in [-0.2, -0.15) is 0 Å². The van der Waals surface area contributed by atoms with Crippen LogP contribution in [-0.2, 0) is 6.42 Å². The average Bonchev–Trinajstić information content (AvgIpc) is 2.42. The number of hydrogen-bond donors (Lipinski definition) is 1. The second-order valence-electron chi connectivity index (χ2n) is 4.69. The van der Waals surface area contributed by atoms with Crippen molar-refractivity contribution in [1.29, 1.82) is 0 Å². The molecule has 0 spiro atoms. The van der Waals surface area contributed by atoms with Gasteiger partial charge in [0.05, 0.1) is 7.11 Å². The van der Waals surface area contributed by atoms with Crippen LogP contribution in [0.4, 0.5) is 4.39 Å². The molecule has 2 N–H and O–H groups in total. The Morgan fingerprint density at radius 1 is 1.16 bits per heavy atom. The first kappa shape index (κ1) is 13.6. The third-order valence-corrected chi connectivity index (χ3v) is 3.18. The molecule has 1 unspecified atom stereocenters. The fourth-order valence-corrected chi connectivity index (χ4v) is 2.00. The van der Waals surface area contributed by atoms with E-state index in [0.717, 1.165) is 12.0 Å². The van der Waals surface area contributed by atoms with Gasteiger partial charge < -0.3 is 10.5 Å². The molecule has 0 aliphatic carbocycles. The van der Waals surface area contributed by atoms with Gasteiger partial charge in [0.15, 0.2) is 11.6 Å². The highest BCUT2D eigenvalue weighted by atomic mass is 19.1. The maximum atomic E-state index is 13.3. The largest absolute Gasteiger partial charge is 0.494 e. The first-order chi connectivity index (χ1) is 9.10. The molecule has 0 amide bonds. The SMILES string of the molecule is COc1cc(C(N)Cc2ccc(C)cc2)ccc1F. The molecular weight excluding hydrogens is 241 g/mol. The lowest BCUT2D eigenvalue weighted by atomic mass is 9.99. The van der Waals surface area contributed by atoms with E-state index in [1.807, 2.05) is 0 Å². The quantitative estimate of drug-likeness (QED) is 0.913. The molecule has 2 aromatic carbocycles. The molecule has 0 aromatic heterocycles. The second kappa shape index (κ2) is 5.85. The number of nitrogens with two attached hydrogens (primary N) is 1. The summed E-state index contributed by atoms with van der Waals surface area (Å²) in [7, 11) is 1.45. The molecule has 2 rings (SSSR count). The lowest BCUT2D eigenvalue weighted by Gasteiger charge is -2.14. The monoisotopic (exact) mass is 259 g/mol. The van der Waals surface area contributed by atoms with Crippen LogP contribution < -0.4 is 10.5 Å². The number of ether oxygens (including phenoxy) is 1. The third kappa shape index (κ3) is 3.32. The van der Waals surface area contributed by atoms with Crippen LogP contribution in [0.15, 0.2) is 42.5 Å². The Morgan fingerprint density at radius 3 is 2.47 bits per heavy atom. The van der Waals surface area contributed by atoms with Crippen molar-refractivity contribution in [1.82, 2.24) is 0 Å². The summed E-state index contributed by atoms with van der Waals surface area (Å²) in [5.74, 6) is -0.134. The molecule has 0 fully saturated rings. The summed E-state index contributed by atoms with van der Waals surface area (Å²) in [6.07, 6.45) is 0.717. The number of aryl methyl sites for hydroxylation is 1. The van der Waals surface area contributed by atoms with Gasteiger partial charge in [0.2, 0.25) is 0 Å². The molecular formula is C16H18FNO. The smallest absolute Gasteiger partial charge is 0.165 e. The zero-order chi connectivity index (χ0) is 13.8. The highest BCUT2D eigenvalue weighted by Crippen LogP contribution is 2.23. The van der Waals surface area contributed by atoms with E-state index in [-0.39, 0.29) is 17.6 Å². The van der Waals surface area contributed by atoms with Gasteiger partial charge >= 0.3 is 0 Å². The Hall–Kier alpha value is -1.87. The average molecular weight is 259 g/mol. The molecule has 0 aliphatic rings. The van der Waals surface area contributed by atoms with E-state index in [1.165, 1.54) is 24.3 Å². The molecule has 2 nitrogen and oxygen atoms in total. The minimum atomic E-state index is -0.367. The van der Waals surface area contributed by atoms with Crippen molar-refractivity contribution >= 4 is 0 Å². The van der Waals surface area contributed by atoms with Crippen molar-refractivity contribution in [3.8, 4) is 5.75 Å². The van der Waals surface area contributed by atoms with Crippen LogP contribution in [0.5, 0.6) is 5.75 Å². The fourth-order valence-electron chi connectivity index (χ4n) is 2.00. The van der Waals surface area contributed by atoms with Crippen molar-refractivity contribution < 1.29 is 9.13 Å². The molecule has 0 heterocycles. The van der Waals surface area contributed by atoms with Crippen LogP contribution in [-0.4, -0.2) is 7.11 Å². The molecule has 3 heteroatoms. The first-order valence-electron chi connectivity index (χ1n) is 6.24. The van der Waals surface area contributed by atoms with Gasteiger partial charge in [-0.1, -0.05) is 35.9 Å². The molecule has 0 saturated heterocycles. The van der Waals surface area contributed by atoms with Crippen molar-refractivity contribution in [2.45, 2.75) is 19.4 Å². The number of hydrogen-bond acceptors (Lipinski definition) is 2. The molecule has 2 aromatic rings. The molecule has 0 saturated carbocycles. The van der Waals surface area contributed by atoms with Crippen LogP contribution in [0.2, 0.25) is 0 Å². The Kier molecular flexibility index (Phi) is 4.17. The number of halogens is 1. The summed E-state index contributed by atoms with van der Waals surface area (Å²) < 4.78 is 18.3. The fraction of sp³-hybridized carbons (Fsp3) is 0.250. The van der Waals surface area contributed by atoms with E-state index in [4.69, 9.17) is 10.5 Å². The summed E-state index contributed by atoms with van der Waals surface area (Å²) in [6.45, 7) is 2.05. The Balaban J connectivity index is 2.15. The summed E-state index contributed by atoms with van der Waals surface area (Å²) >= 11 is 0. The zero-order valence-corrected chi connectivity index (χ0v) is 11.2. The predicted octanol–water partition coefficient (Wildman–Crippen LogP) is 3.39. The molecule has 1 atom stereocenters. The van der Waals surface area contributed by atoms with E-state index >= 15 is 0 Å². The minimum Gasteiger partial charge on any atom is -0.494 e. The van der Waals surface area contributed by atoms with E-state index in [9.17, 15) is 4.39 Å². The van der Waals surface area contributed by atoms with Crippen molar-refractivity contribution in [2.24, 2.45) is 5.73 Å². The van der Waals surface area contributed by atoms with Crippen molar-refractivity contribution in [3.63, 3.8) is 0 Å². The third-order valence-electron chi connectivity index (χ3n) is 3.18. The Bertz CT molecular complexity index is 551. The van der Waals surface area contributed by atoms with Gasteiger partial charge in [-0.05, 0) is 36.6 Å². The predicted molar refractivity (Wildman–Crippen MR) is 74.8 cm³/mol. The van der Waals surface area contributed by atoms with Crippen LogP contribution in [0.3, 0.4) is 0 Å². The number of methoxy groups -OCH3 is 1. The highest BCUT2D eigenvalue weighted by Gasteiger charge is 2.10. The van der Waals surface area contributed by atoms with Crippen LogP contribution in [0.25, 0.3) is 0 Å². The van der Waals surface area contributed by atoms with E-state index in [0.29, 0.717) is 0 Å². The van der Waals surface area contributed by atoms with E-state index < -0.39 is 0 Å².